The van der Waals surface area contributed by atoms with Crippen LogP contribution in [0, 0.1) is 5.82 Å². The summed E-state index contributed by atoms with van der Waals surface area (Å²) in [6.45, 7) is 1.50. The van der Waals surface area contributed by atoms with Crippen molar-refractivity contribution in [1.29, 1.82) is 0 Å². The maximum atomic E-state index is 12.9. The molecule has 0 aromatic heterocycles. The number of thioether (sulfide) groups is 1. The SMILES string of the molecule is COc1ccc(NC(=O)[C@H](C)OC(=O)CCSc2ccc(F)cc2)cc1OC. The van der Waals surface area contributed by atoms with E-state index in [-0.39, 0.29) is 12.2 Å². The molecule has 0 aliphatic heterocycles. The Morgan fingerprint density at radius 2 is 1.75 bits per heavy atom. The standard InChI is InChI=1S/C20H22FNO5S/c1-13(20(24)22-15-6-9-17(25-2)18(12-15)26-3)27-19(23)10-11-28-16-7-4-14(21)5-8-16/h4-9,12-13H,10-11H2,1-3H3,(H,22,24)/t13-/m0/s1. The molecule has 0 heterocycles. The number of carbonyl (C=O) groups excluding carboxylic acids is 2. The van der Waals surface area contributed by atoms with E-state index in [9.17, 15) is 14.0 Å². The third-order valence-electron chi connectivity index (χ3n) is 3.72. The van der Waals surface area contributed by atoms with Crippen molar-refractivity contribution in [3.8, 4) is 11.5 Å². The molecule has 0 unspecified atom stereocenters. The third-order valence-corrected chi connectivity index (χ3v) is 4.73. The molecule has 1 atom stereocenters. The highest BCUT2D eigenvalue weighted by molar-refractivity contribution is 7.99. The first-order chi connectivity index (χ1) is 13.4. The molecule has 28 heavy (non-hydrogen) atoms. The van der Waals surface area contributed by atoms with E-state index in [2.05, 4.69) is 5.32 Å². The minimum atomic E-state index is -0.948. The van der Waals surface area contributed by atoms with Crippen molar-refractivity contribution in [3.05, 3.63) is 48.3 Å². The van der Waals surface area contributed by atoms with Gasteiger partial charge in [0.2, 0.25) is 0 Å². The lowest BCUT2D eigenvalue weighted by molar-refractivity contribution is -0.152. The fraction of sp³-hybridized carbons (Fsp3) is 0.300. The van der Waals surface area contributed by atoms with E-state index >= 15 is 0 Å². The Labute approximate surface area is 167 Å². The molecule has 0 aliphatic carbocycles. The minimum absolute atomic E-state index is 0.135. The number of hydrogen-bond acceptors (Lipinski definition) is 6. The number of anilines is 1. The molecule has 0 saturated heterocycles. The summed E-state index contributed by atoms with van der Waals surface area (Å²) in [5.74, 6) is 0.241. The lowest BCUT2D eigenvalue weighted by Crippen LogP contribution is -2.30. The zero-order valence-corrected chi connectivity index (χ0v) is 16.7. The van der Waals surface area contributed by atoms with E-state index in [0.29, 0.717) is 22.9 Å². The first-order valence-electron chi connectivity index (χ1n) is 8.53. The fourth-order valence-electron chi connectivity index (χ4n) is 2.25. The number of nitrogens with one attached hydrogen (secondary N) is 1. The van der Waals surface area contributed by atoms with Crippen LogP contribution in [0.25, 0.3) is 0 Å². The molecule has 0 aliphatic rings. The van der Waals surface area contributed by atoms with Crippen LogP contribution in [0.2, 0.25) is 0 Å². The van der Waals surface area contributed by atoms with E-state index in [1.54, 1.807) is 30.3 Å². The summed E-state index contributed by atoms with van der Waals surface area (Å²) in [5.41, 5.74) is 0.498. The summed E-state index contributed by atoms with van der Waals surface area (Å²) in [6, 6.07) is 11.0. The predicted molar refractivity (Wildman–Crippen MR) is 105 cm³/mol. The second-order valence-corrected chi connectivity index (χ2v) is 6.91. The Hall–Kier alpha value is -2.74. The second-order valence-electron chi connectivity index (χ2n) is 5.74. The molecule has 0 fully saturated rings. The van der Waals surface area contributed by atoms with E-state index in [1.807, 2.05) is 0 Å². The van der Waals surface area contributed by atoms with Crippen LogP contribution in [0.1, 0.15) is 13.3 Å². The predicted octanol–water partition coefficient (Wildman–Crippen LogP) is 3.90. The summed E-state index contributed by atoms with van der Waals surface area (Å²) in [6.07, 6.45) is -0.813. The number of carbonyl (C=O) groups is 2. The molecule has 2 rings (SSSR count). The molecule has 6 nitrogen and oxygen atoms in total. The van der Waals surface area contributed by atoms with Gasteiger partial charge in [0.15, 0.2) is 17.6 Å². The van der Waals surface area contributed by atoms with Gasteiger partial charge in [-0.3, -0.25) is 9.59 Å². The average Bonchev–Trinajstić information content (AvgIpc) is 2.69. The number of esters is 1. The smallest absolute Gasteiger partial charge is 0.307 e. The van der Waals surface area contributed by atoms with Crippen LogP contribution in [0.4, 0.5) is 10.1 Å². The Morgan fingerprint density at radius 3 is 2.39 bits per heavy atom. The molecular weight excluding hydrogens is 385 g/mol. The zero-order valence-electron chi connectivity index (χ0n) is 15.9. The van der Waals surface area contributed by atoms with Crippen LogP contribution >= 0.6 is 11.8 Å². The summed E-state index contributed by atoms with van der Waals surface area (Å²) < 4.78 is 28.4. The first kappa shape index (κ1) is 21.6. The molecule has 2 aromatic carbocycles. The number of amides is 1. The Morgan fingerprint density at radius 1 is 1.07 bits per heavy atom. The van der Waals surface area contributed by atoms with Gasteiger partial charge in [-0.15, -0.1) is 11.8 Å². The largest absolute Gasteiger partial charge is 0.493 e. The fourth-order valence-corrected chi connectivity index (χ4v) is 3.08. The lowest BCUT2D eigenvalue weighted by atomic mass is 10.2. The number of rotatable bonds is 9. The Kier molecular flexibility index (Phi) is 8.13. The number of ether oxygens (including phenoxy) is 3. The Bertz CT molecular complexity index is 813. The van der Waals surface area contributed by atoms with Gasteiger partial charge in [-0.2, -0.15) is 0 Å². The average molecular weight is 407 g/mol. The van der Waals surface area contributed by atoms with E-state index in [4.69, 9.17) is 14.2 Å². The van der Waals surface area contributed by atoms with Gasteiger partial charge in [0.25, 0.3) is 5.91 Å². The van der Waals surface area contributed by atoms with Gasteiger partial charge in [-0.25, -0.2) is 4.39 Å². The topological polar surface area (TPSA) is 73.9 Å². The highest BCUT2D eigenvalue weighted by Gasteiger charge is 2.18. The molecule has 0 saturated carbocycles. The Balaban J connectivity index is 1.79. The van der Waals surface area contributed by atoms with Gasteiger partial charge in [-0.1, -0.05) is 0 Å². The van der Waals surface area contributed by atoms with E-state index < -0.39 is 18.0 Å². The molecular formula is C20H22FNO5S. The molecule has 0 spiro atoms. The van der Waals surface area contributed by atoms with Crippen molar-refractivity contribution < 1.29 is 28.2 Å². The van der Waals surface area contributed by atoms with Gasteiger partial charge in [0.1, 0.15) is 5.82 Å². The molecule has 1 amide bonds. The van der Waals surface area contributed by atoms with Gasteiger partial charge >= 0.3 is 5.97 Å². The lowest BCUT2D eigenvalue weighted by Gasteiger charge is -2.15. The minimum Gasteiger partial charge on any atom is -0.493 e. The van der Waals surface area contributed by atoms with E-state index in [0.717, 1.165) is 4.90 Å². The van der Waals surface area contributed by atoms with Gasteiger partial charge in [0, 0.05) is 22.4 Å². The quantitative estimate of drug-likeness (QED) is 0.502. The van der Waals surface area contributed by atoms with Crippen molar-refractivity contribution in [3.63, 3.8) is 0 Å². The maximum Gasteiger partial charge on any atom is 0.307 e. The van der Waals surface area contributed by atoms with Gasteiger partial charge in [-0.05, 0) is 43.3 Å². The zero-order chi connectivity index (χ0) is 20.5. The number of halogens is 1. The van der Waals surface area contributed by atoms with Crippen LogP contribution in [0.15, 0.2) is 47.4 Å². The first-order valence-corrected chi connectivity index (χ1v) is 9.52. The molecule has 1 N–H and O–H groups in total. The van der Waals surface area contributed by atoms with Crippen molar-refractivity contribution in [2.24, 2.45) is 0 Å². The second kappa shape index (κ2) is 10.6. The van der Waals surface area contributed by atoms with Crippen LogP contribution in [0.3, 0.4) is 0 Å². The molecule has 2 aromatic rings. The highest BCUT2D eigenvalue weighted by atomic mass is 32.2. The number of methoxy groups -OCH3 is 2. The number of benzene rings is 2. The van der Waals surface area contributed by atoms with Crippen molar-refractivity contribution in [2.45, 2.75) is 24.3 Å². The monoisotopic (exact) mass is 407 g/mol. The maximum absolute atomic E-state index is 12.9. The van der Waals surface area contributed by atoms with Crippen LogP contribution in [0.5, 0.6) is 11.5 Å². The normalized spacial score (nSPS) is 11.4. The van der Waals surface area contributed by atoms with Crippen molar-refractivity contribution in [2.75, 3.05) is 25.3 Å². The highest BCUT2D eigenvalue weighted by Crippen LogP contribution is 2.29. The van der Waals surface area contributed by atoms with Crippen molar-refractivity contribution >= 4 is 29.3 Å². The van der Waals surface area contributed by atoms with Gasteiger partial charge in [0.05, 0.1) is 20.6 Å². The van der Waals surface area contributed by atoms with E-state index in [1.165, 1.54) is 45.0 Å². The van der Waals surface area contributed by atoms with Crippen molar-refractivity contribution in [1.82, 2.24) is 0 Å². The summed E-state index contributed by atoms with van der Waals surface area (Å²) in [7, 11) is 3.02. The molecule has 0 radical (unpaired) electrons. The molecule has 0 bridgehead atoms. The van der Waals surface area contributed by atoms with Crippen LogP contribution in [-0.2, 0) is 14.3 Å². The molecule has 150 valence electrons. The molecule has 8 heteroatoms. The number of hydrogen-bond donors (Lipinski definition) is 1. The van der Waals surface area contributed by atoms with Crippen LogP contribution in [-0.4, -0.2) is 38.0 Å². The summed E-state index contributed by atoms with van der Waals surface area (Å²) >= 11 is 1.41. The van der Waals surface area contributed by atoms with Crippen LogP contribution < -0.4 is 14.8 Å². The summed E-state index contributed by atoms with van der Waals surface area (Å²) in [5, 5.41) is 2.67. The summed E-state index contributed by atoms with van der Waals surface area (Å²) in [4.78, 5) is 25.0. The third kappa shape index (κ3) is 6.45. The van der Waals surface area contributed by atoms with Gasteiger partial charge < -0.3 is 19.5 Å².